The molecule has 3 aromatic rings. The van der Waals surface area contributed by atoms with Crippen molar-refractivity contribution in [2.45, 2.75) is 13.0 Å². The van der Waals surface area contributed by atoms with Crippen molar-refractivity contribution < 1.29 is 4.74 Å². The van der Waals surface area contributed by atoms with E-state index in [1.807, 2.05) is 6.07 Å². The second kappa shape index (κ2) is 7.38. The van der Waals surface area contributed by atoms with Gasteiger partial charge in [-0.2, -0.15) is 0 Å². The molecule has 0 spiro atoms. The van der Waals surface area contributed by atoms with E-state index >= 15 is 0 Å². The third-order valence-electron chi connectivity index (χ3n) is 5.26. The van der Waals surface area contributed by atoms with E-state index in [9.17, 15) is 0 Å². The quantitative estimate of drug-likeness (QED) is 0.679. The molecule has 26 heavy (non-hydrogen) atoms. The van der Waals surface area contributed by atoms with Crippen molar-refractivity contribution in [1.82, 2.24) is 4.90 Å². The average Bonchev–Trinajstić information content (AvgIpc) is 2.69. The minimum absolute atomic E-state index is 0.0319. The van der Waals surface area contributed by atoms with Crippen LogP contribution in [0.5, 0.6) is 5.75 Å². The van der Waals surface area contributed by atoms with Crippen LogP contribution in [0.3, 0.4) is 0 Å². The monoisotopic (exact) mass is 346 g/mol. The summed E-state index contributed by atoms with van der Waals surface area (Å²) in [6.07, 6.45) is 0.0319. The van der Waals surface area contributed by atoms with Gasteiger partial charge in [0, 0.05) is 37.3 Å². The van der Waals surface area contributed by atoms with Crippen molar-refractivity contribution in [1.29, 1.82) is 0 Å². The van der Waals surface area contributed by atoms with Gasteiger partial charge in [0.25, 0.3) is 0 Å². The highest BCUT2D eigenvalue weighted by atomic mass is 16.5. The van der Waals surface area contributed by atoms with E-state index in [4.69, 9.17) is 4.74 Å². The van der Waals surface area contributed by atoms with Crippen molar-refractivity contribution in [3.63, 3.8) is 0 Å². The molecule has 0 aromatic heterocycles. The molecule has 0 radical (unpaired) electrons. The molecule has 0 amide bonds. The summed E-state index contributed by atoms with van der Waals surface area (Å²) < 4.78 is 6.24. The lowest BCUT2D eigenvalue weighted by Crippen LogP contribution is -2.44. The maximum Gasteiger partial charge on any atom is 0.121 e. The molecule has 1 aliphatic rings. The molecule has 0 N–H and O–H groups in total. The van der Waals surface area contributed by atoms with Crippen molar-refractivity contribution in [2.75, 3.05) is 38.1 Å². The van der Waals surface area contributed by atoms with Crippen LogP contribution in [0.25, 0.3) is 10.8 Å². The van der Waals surface area contributed by atoms with Gasteiger partial charge < -0.3 is 14.5 Å². The fraction of sp³-hybridized carbons (Fsp3) is 0.304. The van der Waals surface area contributed by atoms with Crippen molar-refractivity contribution in [2.24, 2.45) is 0 Å². The molecule has 3 heteroatoms. The number of piperazine rings is 1. The van der Waals surface area contributed by atoms with Crippen LogP contribution in [-0.4, -0.2) is 38.1 Å². The highest BCUT2D eigenvalue weighted by Gasteiger charge is 2.16. The van der Waals surface area contributed by atoms with Crippen molar-refractivity contribution >= 4 is 16.5 Å². The van der Waals surface area contributed by atoms with E-state index in [1.165, 1.54) is 22.0 Å². The third kappa shape index (κ3) is 3.54. The van der Waals surface area contributed by atoms with E-state index in [0.717, 1.165) is 31.9 Å². The van der Waals surface area contributed by atoms with Crippen LogP contribution in [0.2, 0.25) is 0 Å². The minimum atomic E-state index is 0.0319. The predicted molar refractivity (Wildman–Crippen MR) is 109 cm³/mol. The summed E-state index contributed by atoms with van der Waals surface area (Å²) in [7, 11) is 2.19. The Kier molecular flexibility index (Phi) is 4.81. The van der Waals surface area contributed by atoms with E-state index in [0.29, 0.717) is 0 Å². The Morgan fingerprint density at radius 2 is 1.62 bits per heavy atom. The second-order valence-corrected chi connectivity index (χ2v) is 7.12. The van der Waals surface area contributed by atoms with Crippen LogP contribution in [0.4, 0.5) is 5.69 Å². The molecule has 134 valence electrons. The Morgan fingerprint density at radius 1 is 0.846 bits per heavy atom. The molecule has 1 fully saturated rings. The smallest absolute Gasteiger partial charge is 0.121 e. The Morgan fingerprint density at radius 3 is 2.38 bits per heavy atom. The normalized spacial score (nSPS) is 16.6. The molecule has 1 saturated heterocycles. The molecule has 1 unspecified atom stereocenters. The van der Waals surface area contributed by atoms with Gasteiger partial charge in [-0.1, -0.05) is 48.5 Å². The minimum Gasteiger partial charge on any atom is -0.486 e. The number of nitrogens with zero attached hydrogens (tertiary/aromatic N) is 2. The molecule has 0 bridgehead atoms. The van der Waals surface area contributed by atoms with E-state index in [-0.39, 0.29) is 6.10 Å². The van der Waals surface area contributed by atoms with Crippen LogP contribution >= 0.6 is 0 Å². The molecule has 0 saturated carbocycles. The maximum absolute atomic E-state index is 6.24. The molecule has 1 atom stereocenters. The second-order valence-electron chi connectivity index (χ2n) is 7.12. The largest absolute Gasteiger partial charge is 0.486 e. The lowest BCUT2D eigenvalue weighted by molar-refractivity contribution is 0.227. The Balaban J connectivity index is 1.62. The lowest BCUT2D eigenvalue weighted by Gasteiger charge is -2.34. The summed E-state index contributed by atoms with van der Waals surface area (Å²) in [6, 6.07) is 23.4. The number of rotatable bonds is 4. The molecule has 4 rings (SSSR count). The first-order valence-corrected chi connectivity index (χ1v) is 9.38. The van der Waals surface area contributed by atoms with Crippen molar-refractivity contribution in [3.8, 4) is 5.75 Å². The molecule has 3 nitrogen and oxygen atoms in total. The van der Waals surface area contributed by atoms with Gasteiger partial charge in [0.05, 0.1) is 0 Å². The number of hydrogen-bond acceptors (Lipinski definition) is 3. The van der Waals surface area contributed by atoms with Crippen LogP contribution in [0, 0.1) is 0 Å². The highest BCUT2D eigenvalue weighted by molar-refractivity contribution is 5.95. The standard InChI is InChI=1S/C23H26N2O/c1-18(19-7-4-3-5-8-19)26-21-12-11-20-9-6-10-23(22(20)17-21)25-15-13-24(2)14-16-25/h3-12,17-18H,13-16H2,1-2H3. The first-order valence-electron chi connectivity index (χ1n) is 9.38. The molecule has 3 aromatic carbocycles. The van der Waals surface area contributed by atoms with Gasteiger partial charge in [-0.15, -0.1) is 0 Å². The maximum atomic E-state index is 6.24. The Hall–Kier alpha value is -2.52. The van der Waals surface area contributed by atoms with Gasteiger partial charge in [0.1, 0.15) is 11.9 Å². The topological polar surface area (TPSA) is 15.7 Å². The summed E-state index contributed by atoms with van der Waals surface area (Å²) in [6.45, 7) is 6.46. The number of fused-ring (bicyclic) bond motifs is 1. The predicted octanol–water partition coefficient (Wildman–Crippen LogP) is 4.73. The summed E-state index contributed by atoms with van der Waals surface area (Å²) in [5.41, 5.74) is 2.51. The van der Waals surface area contributed by atoms with Gasteiger partial charge >= 0.3 is 0 Å². The van der Waals surface area contributed by atoms with Gasteiger partial charge in [-0.25, -0.2) is 0 Å². The number of hydrogen-bond donors (Lipinski definition) is 0. The fourth-order valence-electron chi connectivity index (χ4n) is 3.63. The molecule has 1 aliphatic heterocycles. The highest BCUT2D eigenvalue weighted by Crippen LogP contribution is 2.32. The lowest BCUT2D eigenvalue weighted by atomic mass is 10.1. The van der Waals surface area contributed by atoms with Crippen molar-refractivity contribution in [3.05, 3.63) is 72.3 Å². The van der Waals surface area contributed by atoms with Gasteiger partial charge in [-0.3, -0.25) is 0 Å². The van der Waals surface area contributed by atoms with Gasteiger partial charge in [-0.05, 0) is 43.1 Å². The number of likely N-dealkylation sites (N-methyl/N-ethyl adjacent to an activating group) is 1. The zero-order valence-corrected chi connectivity index (χ0v) is 15.6. The average molecular weight is 346 g/mol. The molecular formula is C23H26N2O. The number of anilines is 1. The Bertz CT molecular complexity index is 870. The summed E-state index contributed by atoms with van der Waals surface area (Å²) in [4.78, 5) is 4.88. The Labute approximate surface area is 155 Å². The molecule has 1 heterocycles. The summed E-state index contributed by atoms with van der Waals surface area (Å²) in [5.74, 6) is 0.926. The third-order valence-corrected chi connectivity index (χ3v) is 5.26. The van der Waals surface area contributed by atoms with Gasteiger partial charge in [0.15, 0.2) is 0 Å². The van der Waals surface area contributed by atoms with E-state index < -0.39 is 0 Å². The molecular weight excluding hydrogens is 320 g/mol. The summed E-state index contributed by atoms with van der Waals surface area (Å²) in [5, 5.41) is 2.54. The zero-order chi connectivity index (χ0) is 17.9. The fourth-order valence-corrected chi connectivity index (χ4v) is 3.63. The van der Waals surface area contributed by atoms with Gasteiger partial charge in [0.2, 0.25) is 0 Å². The van der Waals surface area contributed by atoms with Crippen LogP contribution in [0.15, 0.2) is 66.7 Å². The SMILES string of the molecule is CC(Oc1ccc2cccc(N3CCN(C)CC3)c2c1)c1ccccc1. The zero-order valence-electron chi connectivity index (χ0n) is 15.6. The summed E-state index contributed by atoms with van der Waals surface area (Å²) >= 11 is 0. The first-order chi connectivity index (χ1) is 12.7. The van der Waals surface area contributed by atoms with Crippen LogP contribution in [0.1, 0.15) is 18.6 Å². The van der Waals surface area contributed by atoms with Crippen LogP contribution < -0.4 is 9.64 Å². The first kappa shape index (κ1) is 16.9. The number of ether oxygens (including phenoxy) is 1. The van der Waals surface area contributed by atoms with E-state index in [2.05, 4.69) is 84.4 Å². The molecule has 0 aliphatic carbocycles. The van der Waals surface area contributed by atoms with E-state index in [1.54, 1.807) is 0 Å². The number of benzene rings is 3. The van der Waals surface area contributed by atoms with Crippen LogP contribution in [-0.2, 0) is 0 Å².